The first-order valence-electron chi connectivity index (χ1n) is 5.08. The van der Waals surface area contributed by atoms with Crippen molar-refractivity contribution >= 4 is 5.97 Å². The van der Waals surface area contributed by atoms with Gasteiger partial charge in [0.15, 0.2) is 0 Å². The molecule has 0 heterocycles. The summed E-state index contributed by atoms with van der Waals surface area (Å²) in [4.78, 5) is 10.5. The highest BCUT2D eigenvalue weighted by atomic mass is 16.4. The molecule has 3 N–H and O–H groups in total. The standard InChI is InChI=1S/C10H21NO2/c1-3-4-5-6-7-8(2)9(11)10(12)13/h8-9H,3-7,11H2,1-2H3,(H,12,13)/t8?,9-/m0/s1. The quantitative estimate of drug-likeness (QED) is 0.599. The molecular weight excluding hydrogens is 166 g/mol. The molecule has 0 bridgehead atoms. The number of nitrogens with two attached hydrogens (primary N) is 1. The topological polar surface area (TPSA) is 63.3 Å². The molecule has 78 valence electrons. The van der Waals surface area contributed by atoms with Crippen molar-refractivity contribution in [3.8, 4) is 0 Å². The van der Waals surface area contributed by atoms with Crippen molar-refractivity contribution in [1.82, 2.24) is 0 Å². The predicted molar refractivity (Wildman–Crippen MR) is 53.5 cm³/mol. The molecule has 3 nitrogen and oxygen atoms in total. The highest BCUT2D eigenvalue weighted by Crippen LogP contribution is 2.12. The molecule has 0 saturated heterocycles. The zero-order valence-electron chi connectivity index (χ0n) is 8.62. The number of hydrogen-bond donors (Lipinski definition) is 2. The lowest BCUT2D eigenvalue weighted by Crippen LogP contribution is -2.36. The van der Waals surface area contributed by atoms with Crippen LogP contribution in [-0.4, -0.2) is 17.1 Å². The second-order valence-electron chi connectivity index (χ2n) is 3.69. The molecular formula is C10H21NO2. The summed E-state index contributed by atoms with van der Waals surface area (Å²) in [6.07, 6.45) is 5.64. The molecule has 0 aromatic rings. The van der Waals surface area contributed by atoms with Crippen LogP contribution in [0.1, 0.15) is 46.0 Å². The van der Waals surface area contributed by atoms with Gasteiger partial charge in [0.05, 0.1) is 0 Å². The average molecular weight is 187 g/mol. The fraction of sp³-hybridized carbons (Fsp3) is 0.900. The molecule has 3 heteroatoms. The Labute approximate surface area is 80.3 Å². The van der Waals surface area contributed by atoms with Gasteiger partial charge >= 0.3 is 5.97 Å². The second kappa shape index (κ2) is 6.89. The fourth-order valence-electron chi connectivity index (χ4n) is 1.32. The van der Waals surface area contributed by atoms with Gasteiger partial charge in [0.1, 0.15) is 6.04 Å². The lowest BCUT2D eigenvalue weighted by molar-refractivity contribution is -0.139. The Morgan fingerprint density at radius 1 is 1.38 bits per heavy atom. The van der Waals surface area contributed by atoms with Gasteiger partial charge in [-0.3, -0.25) is 4.79 Å². The van der Waals surface area contributed by atoms with Gasteiger partial charge in [-0.25, -0.2) is 0 Å². The van der Waals surface area contributed by atoms with E-state index in [4.69, 9.17) is 10.8 Å². The number of aliphatic carboxylic acids is 1. The van der Waals surface area contributed by atoms with Crippen molar-refractivity contribution in [3.05, 3.63) is 0 Å². The zero-order valence-corrected chi connectivity index (χ0v) is 8.62. The van der Waals surface area contributed by atoms with Gasteiger partial charge in [-0.05, 0) is 12.3 Å². The molecule has 0 spiro atoms. The molecule has 0 amide bonds. The zero-order chi connectivity index (χ0) is 10.3. The number of hydrogen-bond acceptors (Lipinski definition) is 2. The summed E-state index contributed by atoms with van der Waals surface area (Å²) in [5, 5.41) is 8.63. The van der Waals surface area contributed by atoms with Crippen LogP contribution in [-0.2, 0) is 4.79 Å². The number of carboxylic acid groups (broad SMARTS) is 1. The van der Waals surface area contributed by atoms with Gasteiger partial charge in [-0.1, -0.05) is 39.5 Å². The van der Waals surface area contributed by atoms with E-state index < -0.39 is 12.0 Å². The minimum atomic E-state index is -0.886. The van der Waals surface area contributed by atoms with Crippen LogP contribution in [0.3, 0.4) is 0 Å². The number of carboxylic acids is 1. The maximum absolute atomic E-state index is 10.5. The van der Waals surface area contributed by atoms with Gasteiger partial charge in [-0.2, -0.15) is 0 Å². The molecule has 0 saturated carbocycles. The molecule has 0 fully saturated rings. The average Bonchev–Trinajstić information content (AvgIpc) is 2.10. The first-order valence-corrected chi connectivity index (χ1v) is 5.08. The number of carbonyl (C=O) groups is 1. The molecule has 0 rings (SSSR count). The number of unbranched alkanes of at least 4 members (excludes halogenated alkanes) is 3. The van der Waals surface area contributed by atoms with E-state index in [1.807, 2.05) is 6.92 Å². The van der Waals surface area contributed by atoms with E-state index in [1.165, 1.54) is 19.3 Å². The third-order valence-electron chi connectivity index (χ3n) is 2.41. The third-order valence-corrected chi connectivity index (χ3v) is 2.41. The minimum Gasteiger partial charge on any atom is -0.480 e. The Morgan fingerprint density at radius 2 is 2.00 bits per heavy atom. The summed E-state index contributed by atoms with van der Waals surface area (Å²) >= 11 is 0. The Hall–Kier alpha value is -0.570. The normalized spacial score (nSPS) is 15.3. The summed E-state index contributed by atoms with van der Waals surface area (Å²) in [5.41, 5.74) is 5.48. The van der Waals surface area contributed by atoms with Crippen molar-refractivity contribution in [1.29, 1.82) is 0 Å². The van der Waals surface area contributed by atoms with Crippen LogP contribution in [0.15, 0.2) is 0 Å². The van der Waals surface area contributed by atoms with Crippen molar-refractivity contribution in [2.45, 2.75) is 52.0 Å². The number of rotatable bonds is 7. The second-order valence-corrected chi connectivity index (χ2v) is 3.69. The summed E-state index contributed by atoms with van der Waals surface area (Å²) in [6, 6.07) is -0.693. The van der Waals surface area contributed by atoms with E-state index in [0.29, 0.717) is 0 Å². The van der Waals surface area contributed by atoms with Crippen molar-refractivity contribution < 1.29 is 9.90 Å². The van der Waals surface area contributed by atoms with Crippen LogP contribution in [0.4, 0.5) is 0 Å². The molecule has 0 aromatic carbocycles. The van der Waals surface area contributed by atoms with Crippen LogP contribution < -0.4 is 5.73 Å². The molecule has 0 aliphatic rings. The van der Waals surface area contributed by atoms with Crippen LogP contribution >= 0.6 is 0 Å². The summed E-state index contributed by atoms with van der Waals surface area (Å²) in [5.74, 6) is -0.794. The Morgan fingerprint density at radius 3 is 2.46 bits per heavy atom. The van der Waals surface area contributed by atoms with E-state index in [2.05, 4.69) is 6.92 Å². The van der Waals surface area contributed by atoms with Gasteiger partial charge in [0.25, 0.3) is 0 Å². The molecule has 2 atom stereocenters. The lowest BCUT2D eigenvalue weighted by atomic mass is 9.96. The van der Waals surface area contributed by atoms with Gasteiger partial charge < -0.3 is 10.8 Å². The maximum Gasteiger partial charge on any atom is 0.320 e. The monoisotopic (exact) mass is 187 g/mol. The Balaban J connectivity index is 3.50. The van der Waals surface area contributed by atoms with E-state index in [0.717, 1.165) is 12.8 Å². The van der Waals surface area contributed by atoms with Crippen LogP contribution in [0, 0.1) is 5.92 Å². The van der Waals surface area contributed by atoms with Crippen molar-refractivity contribution in [2.75, 3.05) is 0 Å². The molecule has 0 aromatic heterocycles. The van der Waals surface area contributed by atoms with Gasteiger partial charge in [0, 0.05) is 0 Å². The smallest absolute Gasteiger partial charge is 0.320 e. The van der Waals surface area contributed by atoms with Crippen LogP contribution in [0.5, 0.6) is 0 Å². The van der Waals surface area contributed by atoms with E-state index in [-0.39, 0.29) is 5.92 Å². The summed E-state index contributed by atoms with van der Waals surface area (Å²) < 4.78 is 0. The first kappa shape index (κ1) is 12.4. The van der Waals surface area contributed by atoms with Gasteiger partial charge in [-0.15, -0.1) is 0 Å². The van der Waals surface area contributed by atoms with Crippen LogP contribution in [0.2, 0.25) is 0 Å². The van der Waals surface area contributed by atoms with Crippen molar-refractivity contribution in [2.24, 2.45) is 11.7 Å². The molecule has 0 radical (unpaired) electrons. The highest BCUT2D eigenvalue weighted by Gasteiger charge is 2.18. The first-order chi connectivity index (χ1) is 6.09. The van der Waals surface area contributed by atoms with Crippen molar-refractivity contribution in [3.63, 3.8) is 0 Å². The summed E-state index contributed by atoms with van der Waals surface area (Å²) in [7, 11) is 0. The molecule has 13 heavy (non-hydrogen) atoms. The van der Waals surface area contributed by atoms with Crippen LogP contribution in [0.25, 0.3) is 0 Å². The third kappa shape index (κ3) is 5.64. The molecule has 1 unspecified atom stereocenters. The van der Waals surface area contributed by atoms with E-state index in [9.17, 15) is 4.79 Å². The van der Waals surface area contributed by atoms with E-state index in [1.54, 1.807) is 0 Å². The Bertz CT molecular complexity index is 148. The maximum atomic E-state index is 10.5. The largest absolute Gasteiger partial charge is 0.480 e. The summed E-state index contributed by atoms with van der Waals surface area (Å²) in [6.45, 7) is 4.07. The SMILES string of the molecule is CCCCCCC(C)[C@H](N)C(=O)O. The fourth-order valence-corrected chi connectivity index (χ4v) is 1.32. The molecule has 0 aliphatic heterocycles. The molecule has 0 aliphatic carbocycles. The predicted octanol–water partition coefficient (Wildman–Crippen LogP) is 2.00. The highest BCUT2D eigenvalue weighted by molar-refractivity contribution is 5.73. The van der Waals surface area contributed by atoms with Gasteiger partial charge in [0.2, 0.25) is 0 Å². The minimum absolute atomic E-state index is 0.0920. The lowest BCUT2D eigenvalue weighted by Gasteiger charge is -2.15. The Kier molecular flexibility index (Phi) is 6.59. The van der Waals surface area contributed by atoms with E-state index >= 15 is 0 Å².